The fraction of sp³-hybridized carbons (Fsp3) is 0.647. The fourth-order valence-corrected chi connectivity index (χ4v) is 2.67. The first-order chi connectivity index (χ1) is 8.86. The van der Waals surface area contributed by atoms with Crippen LogP contribution < -0.4 is 5.32 Å². The van der Waals surface area contributed by atoms with Crippen LogP contribution in [0.4, 0.5) is 0 Å². The molecule has 0 aliphatic rings. The summed E-state index contributed by atoms with van der Waals surface area (Å²) in [6.07, 6.45) is 1.23. The fourth-order valence-electron chi connectivity index (χ4n) is 2.67. The Labute approximate surface area is 119 Å². The van der Waals surface area contributed by atoms with E-state index >= 15 is 0 Å². The van der Waals surface area contributed by atoms with E-state index in [4.69, 9.17) is 0 Å². The van der Waals surface area contributed by atoms with Gasteiger partial charge in [-0.1, -0.05) is 43.2 Å². The molecule has 0 aliphatic carbocycles. The molecule has 0 aliphatic heterocycles. The van der Waals surface area contributed by atoms with Crippen molar-refractivity contribution in [3.05, 3.63) is 34.9 Å². The van der Waals surface area contributed by atoms with Crippen molar-refractivity contribution in [1.82, 2.24) is 10.2 Å². The van der Waals surface area contributed by atoms with Crippen molar-refractivity contribution in [2.75, 3.05) is 20.6 Å². The molecule has 1 atom stereocenters. The Hall–Kier alpha value is -0.860. The summed E-state index contributed by atoms with van der Waals surface area (Å²) in [4.78, 5) is 2.27. The molecule has 0 saturated heterocycles. The Bertz CT molecular complexity index is 353. The van der Waals surface area contributed by atoms with Gasteiger partial charge in [0.25, 0.3) is 0 Å². The highest BCUT2D eigenvalue weighted by atomic mass is 15.1. The molecule has 0 fully saturated rings. The number of hydrogen-bond acceptors (Lipinski definition) is 2. The van der Waals surface area contributed by atoms with E-state index in [1.165, 1.54) is 23.1 Å². The molecule has 2 nitrogen and oxygen atoms in total. The molecule has 0 radical (unpaired) electrons. The lowest BCUT2D eigenvalue weighted by atomic mass is 10.0. The first-order valence-corrected chi connectivity index (χ1v) is 7.32. The molecule has 1 aromatic rings. The zero-order valence-corrected chi connectivity index (χ0v) is 13.5. The van der Waals surface area contributed by atoms with Crippen molar-refractivity contribution in [3.8, 4) is 0 Å². The molecule has 108 valence electrons. The number of aryl methyl sites for hydroxylation is 2. The van der Waals surface area contributed by atoms with Gasteiger partial charge in [-0.15, -0.1) is 0 Å². The minimum atomic E-state index is 0.566. The van der Waals surface area contributed by atoms with Crippen molar-refractivity contribution in [2.24, 2.45) is 5.92 Å². The van der Waals surface area contributed by atoms with Crippen LogP contribution >= 0.6 is 0 Å². The van der Waals surface area contributed by atoms with Gasteiger partial charge in [0.05, 0.1) is 0 Å². The van der Waals surface area contributed by atoms with Gasteiger partial charge in [0.15, 0.2) is 0 Å². The summed E-state index contributed by atoms with van der Waals surface area (Å²) in [6.45, 7) is 11.0. The van der Waals surface area contributed by atoms with Gasteiger partial charge in [0.2, 0.25) is 0 Å². The van der Waals surface area contributed by atoms with E-state index in [0.717, 1.165) is 19.0 Å². The molecule has 1 aromatic carbocycles. The Kier molecular flexibility index (Phi) is 6.53. The Morgan fingerprint density at radius 3 is 2.11 bits per heavy atom. The molecular formula is C17H30N2. The highest BCUT2D eigenvalue weighted by Gasteiger charge is 2.11. The summed E-state index contributed by atoms with van der Waals surface area (Å²) in [5, 5.41) is 3.71. The molecule has 1 N–H and O–H groups in total. The number of hydrogen-bond donors (Lipinski definition) is 1. The number of rotatable bonds is 7. The zero-order valence-electron chi connectivity index (χ0n) is 13.5. The average molecular weight is 262 g/mol. The molecule has 0 spiro atoms. The van der Waals surface area contributed by atoms with Crippen LogP contribution in [0.5, 0.6) is 0 Å². The molecular weight excluding hydrogens is 232 g/mol. The maximum Gasteiger partial charge on any atom is 0.0208 e. The standard InChI is InChI=1S/C17H30N2/c1-13(2)7-17(12-19(5)6)18-11-16-9-14(3)8-15(4)10-16/h8-10,13,17-18H,7,11-12H2,1-6H3. The van der Waals surface area contributed by atoms with E-state index in [-0.39, 0.29) is 0 Å². The van der Waals surface area contributed by atoms with Gasteiger partial charge >= 0.3 is 0 Å². The van der Waals surface area contributed by atoms with E-state index in [0.29, 0.717) is 6.04 Å². The summed E-state index contributed by atoms with van der Waals surface area (Å²) in [7, 11) is 4.29. The summed E-state index contributed by atoms with van der Waals surface area (Å²) < 4.78 is 0. The van der Waals surface area contributed by atoms with Crippen molar-refractivity contribution < 1.29 is 0 Å². The van der Waals surface area contributed by atoms with Gasteiger partial charge in [-0.25, -0.2) is 0 Å². The van der Waals surface area contributed by atoms with Crippen molar-refractivity contribution >= 4 is 0 Å². The Balaban J connectivity index is 2.59. The molecule has 0 saturated carbocycles. The van der Waals surface area contributed by atoms with Crippen LogP contribution in [0.1, 0.15) is 37.0 Å². The third-order valence-corrected chi connectivity index (χ3v) is 3.22. The normalized spacial score (nSPS) is 13.3. The van der Waals surface area contributed by atoms with Crippen LogP contribution in [-0.2, 0) is 6.54 Å². The average Bonchev–Trinajstić information content (AvgIpc) is 2.23. The molecule has 0 bridgehead atoms. The minimum Gasteiger partial charge on any atom is -0.309 e. The quantitative estimate of drug-likeness (QED) is 0.810. The molecule has 1 rings (SSSR count). The second-order valence-electron chi connectivity index (χ2n) is 6.47. The monoisotopic (exact) mass is 262 g/mol. The maximum absolute atomic E-state index is 3.71. The molecule has 0 aromatic heterocycles. The number of nitrogens with zero attached hydrogens (tertiary/aromatic N) is 1. The lowest BCUT2D eigenvalue weighted by Gasteiger charge is -2.24. The van der Waals surface area contributed by atoms with Crippen LogP contribution in [0, 0.1) is 19.8 Å². The first kappa shape index (κ1) is 16.2. The summed E-state index contributed by atoms with van der Waals surface area (Å²) >= 11 is 0. The van der Waals surface area contributed by atoms with E-state index in [2.05, 4.69) is 70.2 Å². The van der Waals surface area contributed by atoms with E-state index in [1.54, 1.807) is 0 Å². The van der Waals surface area contributed by atoms with Crippen molar-refractivity contribution in [1.29, 1.82) is 0 Å². The van der Waals surface area contributed by atoms with Crippen LogP contribution in [0.25, 0.3) is 0 Å². The van der Waals surface area contributed by atoms with E-state index in [9.17, 15) is 0 Å². The number of benzene rings is 1. The van der Waals surface area contributed by atoms with Crippen molar-refractivity contribution in [2.45, 2.75) is 46.7 Å². The predicted octanol–water partition coefficient (Wildman–Crippen LogP) is 3.37. The minimum absolute atomic E-state index is 0.566. The number of likely N-dealkylation sites (N-methyl/N-ethyl adjacent to an activating group) is 1. The molecule has 1 unspecified atom stereocenters. The number of nitrogens with one attached hydrogen (secondary N) is 1. The highest BCUT2D eigenvalue weighted by molar-refractivity contribution is 5.28. The van der Waals surface area contributed by atoms with Gasteiger partial charge in [0.1, 0.15) is 0 Å². The topological polar surface area (TPSA) is 15.3 Å². The Morgan fingerprint density at radius 2 is 1.63 bits per heavy atom. The van der Waals surface area contributed by atoms with Crippen LogP contribution in [-0.4, -0.2) is 31.6 Å². The molecule has 19 heavy (non-hydrogen) atoms. The lowest BCUT2D eigenvalue weighted by Crippen LogP contribution is -2.38. The molecule has 2 heteroatoms. The predicted molar refractivity (Wildman–Crippen MR) is 84.6 cm³/mol. The first-order valence-electron chi connectivity index (χ1n) is 7.32. The molecule has 0 heterocycles. The van der Waals surface area contributed by atoms with Gasteiger partial charge < -0.3 is 10.2 Å². The zero-order chi connectivity index (χ0) is 14.4. The van der Waals surface area contributed by atoms with Crippen molar-refractivity contribution in [3.63, 3.8) is 0 Å². The van der Waals surface area contributed by atoms with Gasteiger partial charge in [-0.05, 0) is 45.8 Å². The summed E-state index contributed by atoms with van der Waals surface area (Å²) in [6, 6.07) is 7.36. The summed E-state index contributed by atoms with van der Waals surface area (Å²) in [5.41, 5.74) is 4.10. The van der Waals surface area contributed by atoms with Crippen LogP contribution in [0.3, 0.4) is 0 Å². The lowest BCUT2D eigenvalue weighted by molar-refractivity contribution is 0.305. The van der Waals surface area contributed by atoms with Crippen LogP contribution in [0.15, 0.2) is 18.2 Å². The smallest absolute Gasteiger partial charge is 0.0208 e. The van der Waals surface area contributed by atoms with Gasteiger partial charge in [0, 0.05) is 19.1 Å². The molecule has 0 amide bonds. The van der Waals surface area contributed by atoms with E-state index in [1.807, 2.05) is 0 Å². The van der Waals surface area contributed by atoms with Crippen LogP contribution in [0.2, 0.25) is 0 Å². The highest BCUT2D eigenvalue weighted by Crippen LogP contribution is 2.11. The SMILES string of the molecule is Cc1cc(C)cc(CNC(CC(C)C)CN(C)C)c1. The third-order valence-electron chi connectivity index (χ3n) is 3.22. The second-order valence-corrected chi connectivity index (χ2v) is 6.47. The second kappa shape index (κ2) is 7.66. The van der Waals surface area contributed by atoms with E-state index < -0.39 is 0 Å². The maximum atomic E-state index is 3.71. The largest absolute Gasteiger partial charge is 0.309 e. The van der Waals surface area contributed by atoms with Gasteiger partial charge in [-0.2, -0.15) is 0 Å². The van der Waals surface area contributed by atoms with Gasteiger partial charge in [-0.3, -0.25) is 0 Å². The third kappa shape index (κ3) is 6.74. The summed E-state index contributed by atoms with van der Waals surface area (Å²) in [5.74, 6) is 0.733. The Morgan fingerprint density at radius 1 is 1.05 bits per heavy atom.